The van der Waals surface area contributed by atoms with E-state index in [1.165, 1.54) is 40.8 Å². The number of carbonyl (C=O) groups excluding carboxylic acids is 2. The summed E-state index contributed by atoms with van der Waals surface area (Å²) < 4.78 is 6.99. The summed E-state index contributed by atoms with van der Waals surface area (Å²) in [7, 11) is 0. The Kier molecular flexibility index (Phi) is 7.59. The second kappa shape index (κ2) is 10.8. The van der Waals surface area contributed by atoms with Gasteiger partial charge in [0.25, 0.3) is 0 Å². The first-order valence-corrected chi connectivity index (χ1v) is 12.7. The van der Waals surface area contributed by atoms with E-state index in [1.54, 1.807) is 17.9 Å². The number of amides is 1. The first-order valence-electron chi connectivity index (χ1n) is 10.9. The van der Waals surface area contributed by atoms with Crippen LogP contribution >= 0.6 is 23.1 Å². The van der Waals surface area contributed by atoms with Gasteiger partial charge in [0.1, 0.15) is 11.3 Å². The number of benzene rings is 1. The van der Waals surface area contributed by atoms with Gasteiger partial charge in [0.05, 0.1) is 23.6 Å². The Labute approximate surface area is 195 Å². The van der Waals surface area contributed by atoms with Crippen LogP contribution in [0.2, 0.25) is 0 Å². The molecule has 0 atom stereocenters. The highest BCUT2D eigenvalue weighted by atomic mass is 32.2. The third-order valence-electron chi connectivity index (χ3n) is 5.23. The van der Waals surface area contributed by atoms with Crippen LogP contribution in [0.5, 0.6) is 0 Å². The number of anilines is 1. The molecule has 0 fully saturated rings. The summed E-state index contributed by atoms with van der Waals surface area (Å²) in [5.74, 6) is -0.383. The molecule has 0 radical (unpaired) electrons. The average molecular weight is 471 g/mol. The number of para-hydroxylation sites is 1. The van der Waals surface area contributed by atoms with Crippen molar-refractivity contribution in [1.29, 1.82) is 0 Å². The fourth-order valence-corrected chi connectivity index (χ4v) is 5.63. The van der Waals surface area contributed by atoms with Crippen molar-refractivity contribution in [3.63, 3.8) is 0 Å². The normalized spacial score (nSPS) is 13.7. The highest BCUT2D eigenvalue weighted by Crippen LogP contribution is 2.37. The number of ether oxygens (including phenoxy) is 1. The molecule has 9 heteroatoms. The van der Waals surface area contributed by atoms with Gasteiger partial charge in [-0.2, -0.15) is 0 Å². The van der Waals surface area contributed by atoms with Crippen LogP contribution in [0, 0.1) is 0 Å². The maximum atomic E-state index is 12.7. The molecule has 3 aromatic rings. The van der Waals surface area contributed by atoms with Crippen LogP contribution in [0.1, 0.15) is 53.4 Å². The Morgan fingerprint density at radius 3 is 2.72 bits per heavy atom. The van der Waals surface area contributed by atoms with Gasteiger partial charge in [-0.15, -0.1) is 16.4 Å². The van der Waals surface area contributed by atoms with Gasteiger partial charge in [-0.25, -0.2) is 14.5 Å². The molecule has 0 unspecified atom stereocenters. The molecule has 1 amide bonds. The molecule has 168 valence electrons. The lowest BCUT2D eigenvalue weighted by Gasteiger charge is -2.11. The highest BCUT2D eigenvalue weighted by molar-refractivity contribution is 7.99. The van der Waals surface area contributed by atoms with E-state index in [2.05, 4.69) is 15.4 Å². The van der Waals surface area contributed by atoms with E-state index in [9.17, 15) is 9.59 Å². The van der Waals surface area contributed by atoms with Crippen molar-refractivity contribution in [3.8, 4) is 5.69 Å². The van der Waals surface area contributed by atoms with E-state index in [1.807, 2.05) is 30.3 Å². The minimum absolute atomic E-state index is 0.156. The fraction of sp³-hybridized carbons (Fsp3) is 0.391. The minimum Gasteiger partial charge on any atom is -0.462 e. The number of hydrogen-bond donors (Lipinski definition) is 1. The predicted molar refractivity (Wildman–Crippen MR) is 127 cm³/mol. The van der Waals surface area contributed by atoms with Gasteiger partial charge in [-0.05, 0) is 50.3 Å². The molecule has 2 aromatic heterocycles. The topological polar surface area (TPSA) is 86.1 Å². The van der Waals surface area contributed by atoms with Gasteiger partial charge in [0.15, 0.2) is 0 Å². The van der Waals surface area contributed by atoms with E-state index in [4.69, 9.17) is 4.74 Å². The molecule has 1 N–H and O–H groups in total. The fourth-order valence-electron chi connectivity index (χ4n) is 3.74. The SMILES string of the molecule is CCOC(=O)c1c(NC(=O)CSc2ncn(-c3ccccc3)n2)sc2c1CCCCCC2. The van der Waals surface area contributed by atoms with Crippen LogP contribution in [0.4, 0.5) is 5.00 Å². The third kappa shape index (κ3) is 5.39. The minimum atomic E-state index is -0.350. The van der Waals surface area contributed by atoms with Gasteiger partial charge in [-0.3, -0.25) is 4.79 Å². The van der Waals surface area contributed by atoms with Crippen molar-refractivity contribution in [2.24, 2.45) is 0 Å². The number of nitrogens with zero attached hydrogens (tertiary/aromatic N) is 3. The molecule has 1 aliphatic carbocycles. The lowest BCUT2D eigenvalue weighted by atomic mass is 9.96. The summed E-state index contributed by atoms with van der Waals surface area (Å²) >= 11 is 2.78. The monoisotopic (exact) mass is 470 g/mol. The molecule has 0 bridgehead atoms. The quantitative estimate of drug-likeness (QED) is 0.391. The summed E-state index contributed by atoms with van der Waals surface area (Å²) in [5, 5.41) is 8.49. The smallest absolute Gasteiger partial charge is 0.341 e. The molecule has 1 aromatic carbocycles. The van der Waals surface area contributed by atoms with Gasteiger partial charge < -0.3 is 10.1 Å². The number of nitrogens with one attached hydrogen (secondary N) is 1. The van der Waals surface area contributed by atoms with Gasteiger partial charge in [0.2, 0.25) is 11.1 Å². The molecule has 0 saturated carbocycles. The van der Waals surface area contributed by atoms with Crippen LogP contribution in [-0.4, -0.2) is 39.0 Å². The summed E-state index contributed by atoms with van der Waals surface area (Å²) in [5.41, 5.74) is 2.50. The van der Waals surface area contributed by atoms with E-state index in [0.717, 1.165) is 36.9 Å². The number of aromatic nitrogens is 3. The van der Waals surface area contributed by atoms with Crippen molar-refractivity contribution in [2.75, 3.05) is 17.7 Å². The Morgan fingerprint density at radius 1 is 1.16 bits per heavy atom. The van der Waals surface area contributed by atoms with Crippen LogP contribution in [-0.2, 0) is 22.4 Å². The van der Waals surface area contributed by atoms with E-state index in [0.29, 0.717) is 22.3 Å². The molecule has 7 nitrogen and oxygen atoms in total. The Hall–Kier alpha value is -2.65. The third-order valence-corrected chi connectivity index (χ3v) is 7.29. The molecule has 2 heterocycles. The zero-order valence-corrected chi connectivity index (χ0v) is 19.6. The van der Waals surface area contributed by atoms with Crippen molar-refractivity contribution < 1.29 is 14.3 Å². The van der Waals surface area contributed by atoms with Crippen molar-refractivity contribution in [3.05, 3.63) is 52.7 Å². The molecular weight excluding hydrogens is 444 g/mol. The summed E-state index contributed by atoms with van der Waals surface area (Å²) in [6.45, 7) is 2.10. The summed E-state index contributed by atoms with van der Waals surface area (Å²) in [4.78, 5) is 30.9. The highest BCUT2D eigenvalue weighted by Gasteiger charge is 2.26. The van der Waals surface area contributed by atoms with E-state index in [-0.39, 0.29) is 17.6 Å². The molecule has 32 heavy (non-hydrogen) atoms. The number of carbonyl (C=O) groups is 2. The Morgan fingerprint density at radius 2 is 1.94 bits per heavy atom. The van der Waals surface area contributed by atoms with Crippen molar-refractivity contribution in [2.45, 2.75) is 50.6 Å². The molecule has 0 aliphatic heterocycles. The second-order valence-electron chi connectivity index (χ2n) is 7.49. The van der Waals surface area contributed by atoms with Gasteiger partial charge in [-0.1, -0.05) is 42.8 Å². The van der Waals surface area contributed by atoms with Crippen molar-refractivity contribution in [1.82, 2.24) is 14.8 Å². The number of hydrogen-bond acceptors (Lipinski definition) is 7. The summed E-state index contributed by atoms with van der Waals surface area (Å²) in [6, 6.07) is 9.69. The van der Waals surface area contributed by atoms with Crippen LogP contribution in [0.3, 0.4) is 0 Å². The number of aryl methyl sites for hydroxylation is 1. The number of fused-ring (bicyclic) bond motifs is 1. The lowest BCUT2D eigenvalue weighted by molar-refractivity contribution is -0.113. The molecule has 0 saturated heterocycles. The first-order chi connectivity index (χ1) is 15.7. The Balaban J connectivity index is 1.45. The molecule has 0 spiro atoms. The van der Waals surface area contributed by atoms with Gasteiger partial charge >= 0.3 is 5.97 Å². The van der Waals surface area contributed by atoms with Crippen LogP contribution in [0.15, 0.2) is 41.8 Å². The zero-order valence-electron chi connectivity index (χ0n) is 18.0. The Bertz CT molecular complexity index is 1080. The molecular formula is C23H26N4O3S2. The number of rotatable bonds is 7. The maximum Gasteiger partial charge on any atom is 0.341 e. The standard InChI is InChI=1S/C23H26N4O3S2/c1-2-30-22(29)20-17-12-8-3-4-9-13-18(17)32-21(20)25-19(28)14-31-23-24-15-27(26-23)16-10-6-5-7-11-16/h5-7,10-11,15H,2-4,8-9,12-14H2,1H3,(H,25,28). The predicted octanol–water partition coefficient (Wildman–Crippen LogP) is 4.90. The van der Waals surface area contributed by atoms with Crippen LogP contribution < -0.4 is 5.32 Å². The molecule has 1 aliphatic rings. The van der Waals surface area contributed by atoms with E-state index < -0.39 is 0 Å². The number of thiophene rings is 1. The average Bonchev–Trinajstić information content (AvgIpc) is 3.38. The first kappa shape index (κ1) is 22.5. The second-order valence-corrected chi connectivity index (χ2v) is 9.53. The van der Waals surface area contributed by atoms with Crippen LogP contribution in [0.25, 0.3) is 5.69 Å². The van der Waals surface area contributed by atoms with E-state index >= 15 is 0 Å². The maximum absolute atomic E-state index is 12.7. The largest absolute Gasteiger partial charge is 0.462 e. The van der Waals surface area contributed by atoms with Crippen molar-refractivity contribution >= 4 is 40.0 Å². The van der Waals surface area contributed by atoms with Gasteiger partial charge in [0, 0.05) is 4.88 Å². The lowest BCUT2D eigenvalue weighted by Crippen LogP contribution is -2.17. The number of thioether (sulfide) groups is 1. The zero-order chi connectivity index (χ0) is 22.3. The molecule has 4 rings (SSSR count). The number of esters is 1. The summed E-state index contributed by atoms with van der Waals surface area (Å²) in [6.07, 6.45) is 7.95.